The Balaban J connectivity index is 1.49. The summed E-state index contributed by atoms with van der Waals surface area (Å²) in [5.74, 6) is 2.73. The average molecular weight is 380 g/mol. The number of nitrogens with one attached hydrogen (secondary N) is 2. The van der Waals surface area contributed by atoms with Gasteiger partial charge in [-0.1, -0.05) is 6.07 Å². The Hall–Kier alpha value is -3.55. The van der Waals surface area contributed by atoms with E-state index in [2.05, 4.69) is 25.7 Å². The minimum absolute atomic E-state index is 0.535. The smallest absolute Gasteiger partial charge is 0.219 e. The molecule has 0 amide bonds. The van der Waals surface area contributed by atoms with E-state index in [4.69, 9.17) is 9.47 Å². The Morgan fingerprint density at radius 2 is 1.79 bits per heavy atom. The maximum absolute atomic E-state index is 5.74. The molecule has 0 unspecified atom stereocenters. The molecule has 0 spiro atoms. The second-order valence-electron chi connectivity index (χ2n) is 6.01. The van der Waals surface area contributed by atoms with Crippen LogP contribution < -0.4 is 20.1 Å². The van der Waals surface area contributed by atoms with Crippen LogP contribution >= 0.6 is 0 Å². The standard InChI is InChI=1S/C20H24N6O2/c1-21-20(24-14-16-10-11-25-26(16)2)23-13-15-4-9-19(22-12-15)28-18-7-5-17(27-3)6-8-18/h4-12H,13-14H2,1-3H3,(H2,21,23,24). The molecule has 3 rings (SSSR count). The molecule has 8 nitrogen and oxygen atoms in total. The van der Waals surface area contributed by atoms with E-state index < -0.39 is 0 Å². The minimum Gasteiger partial charge on any atom is -0.497 e. The van der Waals surface area contributed by atoms with Gasteiger partial charge < -0.3 is 20.1 Å². The first-order valence-corrected chi connectivity index (χ1v) is 8.86. The van der Waals surface area contributed by atoms with E-state index in [9.17, 15) is 0 Å². The summed E-state index contributed by atoms with van der Waals surface area (Å²) in [4.78, 5) is 8.58. The van der Waals surface area contributed by atoms with Gasteiger partial charge in [0.15, 0.2) is 5.96 Å². The van der Waals surface area contributed by atoms with Crippen molar-refractivity contribution in [2.75, 3.05) is 14.2 Å². The van der Waals surface area contributed by atoms with E-state index in [0.29, 0.717) is 30.7 Å². The quantitative estimate of drug-likeness (QED) is 0.484. The third-order valence-electron chi connectivity index (χ3n) is 4.12. The molecule has 2 aromatic heterocycles. The molecule has 3 aromatic rings. The maximum Gasteiger partial charge on any atom is 0.219 e. The molecular formula is C20H24N6O2. The first-order chi connectivity index (χ1) is 13.7. The lowest BCUT2D eigenvalue weighted by Gasteiger charge is -2.12. The number of methoxy groups -OCH3 is 1. The van der Waals surface area contributed by atoms with Crippen LogP contribution in [0, 0.1) is 0 Å². The van der Waals surface area contributed by atoms with E-state index >= 15 is 0 Å². The topological polar surface area (TPSA) is 85.6 Å². The number of pyridine rings is 1. The number of aliphatic imine (C=N–C) groups is 1. The van der Waals surface area contributed by atoms with Crippen LogP contribution in [-0.4, -0.2) is 34.9 Å². The molecule has 2 N–H and O–H groups in total. The van der Waals surface area contributed by atoms with E-state index in [1.165, 1.54) is 0 Å². The highest BCUT2D eigenvalue weighted by Gasteiger charge is 2.03. The lowest BCUT2D eigenvalue weighted by molar-refractivity contribution is 0.412. The van der Waals surface area contributed by atoms with Gasteiger partial charge in [0.2, 0.25) is 5.88 Å². The summed E-state index contributed by atoms with van der Waals surface area (Å²) in [7, 11) is 5.28. The molecule has 2 heterocycles. The van der Waals surface area contributed by atoms with Gasteiger partial charge in [0.05, 0.1) is 19.3 Å². The first kappa shape index (κ1) is 19.2. The molecule has 0 aliphatic heterocycles. The molecule has 0 bridgehead atoms. The third kappa shape index (κ3) is 5.23. The van der Waals surface area contributed by atoms with Crippen LogP contribution in [0.2, 0.25) is 0 Å². The summed E-state index contributed by atoms with van der Waals surface area (Å²) in [5, 5.41) is 10.7. The van der Waals surface area contributed by atoms with Crippen LogP contribution in [-0.2, 0) is 20.1 Å². The van der Waals surface area contributed by atoms with Crippen molar-refractivity contribution in [1.29, 1.82) is 0 Å². The van der Waals surface area contributed by atoms with Crippen molar-refractivity contribution in [2.24, 2.45) is 12.0 Å². The molecule has 1 aromatic carbocycles. The fourth-order valence-electron chi connectivity index (χ4n) is 2.50. The van der Waals surface area contributed by atoms with Crippen molar-refractivity contribution in [3.8, 4) is 17.4 Å². The van der Waals surface area contributed by atoms with Crippen LogP contribution in [0.4, 0.5) is 0 Å². The monoisotopic (exact) mass is 380 g/mol. The SMILES string of the molecule is CN=C(NCc1ccc(Oc2ccc(OC)cc2)nc1)NCc1ccnn1C. The number of hydrogen-bond donors (Lipinski definition) is 2. The molecular weight excluding hydrogens is 356 g/mol. The van der Waals surface area contributed by atoms with Crippen molar-refractivity contribution in [1.82, 2.24) is 25.4 Å². The zero-order valence-corrected chi connectivity index (χ0v) is 16.2. The zero-order valence-electron chi connectivity index (χ0n) is 16.2. The van der Waals surface area contributed by atoms with Gasteiger partial charge in [-0.15, -0.1) is 0 Å². The average Bonchev–Trinajstić information content (AvgIpc) is 3.14. The highest BCUT2D eigenvalue weighted by molar-refractivity contribution is 5.79. The van der Waals surface area contributed by atoms with Gasteiger partial charge >= 0.3 is 0 Å². The number of nitrogens with zero attached hydrogens (tertiary/aromatic N) is 4. The van der Waals surface area contributed by atoms with Crippen molar-refractivity contribution < 1.29 is 9.47 Å². The molecule has 0 aliphatic rings. The highest BCUT2D eigenvalue weighted by Crippen LogP contribution is 2.22. The maximum atomic E-state index is 5.74. The van der Waals surface area contributed by atoms with E-state index in [0.717, 1.165) is 17.0 Å². The van der Waals surface area contributed by atoms with E-state index in [1.54, 1.807) is 26.6 Å². The summed E-state index contributed by atoms with van der Waals surface area (Å²) in [6, 6.07) is 13.1. The van der Waals surface area contributed by atoms with Crippen LogP contribution in [0.3, 0.4) is 0 Å². The second kappa shape index (κ2) is 9.40. The Morgan fingerprint density at radius 1 is 1.04 bits per heavy atom. The predicted octanol–water partition coefficient (Wildman–Crippen LogP) is 2.48. The van der Waals surface area contributed by atoms with Crippen molar-refractivity contribution >= 4 is 5.96 Å². The minimum atomic E-state index is 0.535. The largest absolute Gasteiger partial charge is 0.497 e. The van der Waals surface area contributed by atoms with Crippen LogP contribution in [0.1, 0.15) is 11.3 Å². The Bertz CT molecular complexity index is 903. The molecule has 0 saturated carbocycles. The second-order valence-corrected chi connectivity index (χ2v) is 6.01. The van der Waals surface area contributed by atoms with Gasteiger partial charge in [-0.25, -0.2) is 4.98 Å². The summed E-state index contributed by atoms with van der Waals surface area (Å²) in [5.41, 5.74) is 2.09. The van der Waals surface area contributed by atoms with E-state index in [-0.39, 0.29) is 0 Å². The number of rotatable bonds is 7. The summed E-state index contributed by atoms with van der Waals surface area (Å²) in [6.45, 7) is 1.24. The summed E-state index contributed by atoms with van der Waals surface area (Å²) < 4.78 is 12.7. The zero-order chi connectivity index (χ0) is 19.8. The third-order valence-corrected chi connectivity index (χ3v) is 4.12. The molecule has 28 heavy (non-hydrogen) atoms. The van der Waals surface area contributed by atoms with Gasteiger partial charge in [0, 0.05) is 39.1 Å². The fraction of sp³-hybridized carbons (Fsp3) is 0.250. The lowest BCUT2D eigenvalue weighted by Crippen LogP contribution is -2.36. The Labute approximate surface area is 164 Å². The van der Waals surface area contributed by atoms with Gasteiger partial charge in [-0.3, -0.25) is 9.67 Å². The molecule has 146 valence electrons. The van der Waals surface area contributed by atoms with Gasteiger partial charge in [-0.2, -0.15) is 5.10 Å². The number of guanidine groups is 1. The lowest BCUT2D eigenvalue weighted by atomic mass is 10.3. The number of aryl methyl sites for hydroxylation is 1. The summed E-state index contributed by atoms with van der Waals surface area (Å²) in [6.07, 6.45) is 3.55. The highest BCUT2D eigenvalue weighted by atomic mass is 16.5. The Kier molecular flexibility index (Phi) is 6.46. The Morgan fingerprint density at radius 3 is 2.39 bits per heavy atom. The van der Waals surface area contributed by atoms with Gasteiger partial charge in [-0.05, 0) is 35.9 Å². The molecule has 8 heteroatoms. The van der Waals surface area contributed by atoms with Crippen LogP contribution in [0.25, 0.3) is 0 Å². The van der Waals surface area contributed by atoms with Crippen LogP contribution in [0.15, 0.2) is 59.9 Å². The van der Waals surface area contributed by atoms with Crippen molar-refractivity contribution in [3.63, 3.8) is 0 Å². The summed E-state index contributed by atoms with van der Waals surface area (Å²) >= 11 is 0. The molecule has 0 radical (unpaired) electrons. The number of ether oxygens (including phenoxy) is 2. The normalized spacial score (nSPS) is 11.2. The van der Waals surface area contributed by atoms with Gasteiger partial charge in [0.1, 0.15) is 11.5 Å². The van der Waals surface area contributed by atoms with E-state index in [1.807, 2.05) is 54.2 Å². The predicted molar refractivity (Wildman–Crippen MR) is 108 cm³/mol. The van der Waals surface area contributed by atoms with Crippen LogP contribution in [0.5, 0.6) is 17.4 Å². The molecule has 0 aliphatic carbocycles. The number of hydrogen-bond acceptors (Lipinski definition) is 5. The molecule has 0 atom stereocenters. The number of aromatic nitrogens is 3. The molecule has 0 fully saturated rings. The first-order valence-electron chi connectivity index (χ1n) is 8.86. The fourth-order valence-corrected chi connectivity index (χ4v) is 2.50. The number of benzene rings is 1. The van der Waals surface area contributed by atoms with Crippen molar-refractivity contribution in [3.05, 3.63) is 66.1 Å². The van der Waals surface area contributed by atoms with Crippen molar-refractivity contribution in [2.45, 2.75) is 13.1 Å². The molecule has 0 saturated heterocycles. The van der Waals surface area contributed by atoms with Gasteiger partial charge in [0.25, 0.3) is 0 Å².